The molecular formula is C6H4IN3S. The number of nitrogen functional groups attached to an aromatic ring is 1. The predicted octanol–water partition coefficient (Wildman–Crippen LogP) is 1.88. The van der Waals surface area contributed by atoms with Gasteiger partial charge in [-0.15, -0.1) is 0 Å². The quantitative estimate of drug-likeness (QED) is 0.748. The maximum Gasteiger partial charge on any atom is 0.147 e. The van der Waals surface area contributed by atoms with Crippen LogP contribution in [0.2, 0.25) is 0 Å². The first kappa shape index (κ1) is 7.23. The molecule has 5 heteroatoms. The fraction of sp³-hybridized carbons (Fsp3) is 0. The van der Waals surface area contributed by atoms with Crippen LogP contribution in [-0.4, -0.2) is 9.36 Å². The van der Waals surface area contributed by atoms with Crippen molar-refractivity contribution in [1.82, 2.24) is 9.36 Å². The van der Waals surface area contributed by atoms with E-state index >= 15 is 0 Å². The molecule has 2 N–H and O–H groups in total. The predicted molar refractivity (Wildman–Crippen MR) is 54.5 cm³/mol. The van der Waals surface area contributed by atoms with Gasteiger partial charge in [0, 0.05) is 9.77 Å². The number of halogens is 1. The van der Waals surface area contributed by atoms with Gasteiger partial charge >= 0.3 is 0 Å². The summed E-state index contributed by atoms with van der Waals surface area (Å²) in [5.74, 6) is 0.586. The Morgan fingerprint density at radius 1 is 1.55 bits per heavy atom. The van der Waals surface area contributed by atoms with Gasteiger partial charge in [0.2, 0.25) is 0 Å². The lowest BCUT2D eigenvalue weighted by Gasteiger charge is -1.91. The van der Waals surface area contributed by atoms with Gasteiger partial charge in [-0.1, -0.05) is 0 Å². The fourth-order valence-electron chi connectivity index (χ4n) is 0.860. The summed E-state index contributed by atoms with van der Waals surface area (Å²) in [6.45, 7) is 0. The summed E-state index contributed by atoms with van der Waals surface area (Å²) < 4.78 is 5.12. The number of aromatic nitrogens is 2. The Morgan fingerprint density at radius 2 is 2.36 bits per heavy atom. The van der Waals surface area contributed by atoms with Crippen LogP contribution in [0.4, 0.5) is 5.82 Å². The maximum atomic E-state index is 5.63. The third kappa shape index (κ3) is 1.08. The van der Waals surface area contributed by atoms with Crippen molar-refractivity contribution in [1.29, 1.82) is 0 Å². The molecule has 0 fully saturated rings. The molecule has 0 aliphatic rings. The van der Waals surface area contributed by atoms with Crippen LogP contribution in [0.3, 0.4) is 0 Å². The van der Waals surface area contributed by atoms with Crippen molar-refractivity contribution < 1.29 is 0 Å². The summed E-state index contributed by atoms with van der Waals surface area (Å²) in [7, 11) is 0. The lowest BCUT2D eigenvalue weighted by atomic mass is 10.3. The molecule has 0 aliphatic heterocycles. The molecule has 0 spiro atoms. The highest BCUT2D eigenvalue weighted by Crippen LogP contribution is 2.26. The SMILES string of the molecule is Nc1nsc2nccc(I)c12. The summed E-state index contributed by atoms with van der Waals surface area (Å²) in [6.07, 6.45) is 1.77. The average molecular weight is 277 g/mol. The van der Waals surface area contributed by atoms with Crippen LogP contribution in [0.5, 0.6) is 0 Å². The van der Waals surface area contributed by atoms with Gasteiger partial charge in [-0.05, 0) is 40.2 Å². The topological polar surface area (TPSA) is 51.8 Å². The first-order valence-corrected chi connectivity index (χ1v) is 4.79. The molecule has 2 rings (SSSR count). The molecule has 2 aromatic rings. The van der Waals surface area contributed by atoms with Crippen molar-refractivity contribution in [3.63, 3.8) is 0 Å². The minimum Gasteiger partial charge on any atom is -0.382 e. The van der Waals surface area contributed by atoms with E-state index in [1.54, 1.807) is 6.20 Å². The molecule has 56 valence electrons. The van der Waals surface area contributed by atoms with Crippen LogP contribution in [0, 0.1) is 3.57 Å². The van der Waals surface area contributed by atoms with E-state index in [9.17, 15) is 0 Å². The minimum atomic E-state index is 0.586. The zero-order valence-electron chi connectivity index (χ0n) is 5.41. The van der Waals surface area contributed by atoms with Gasteiger partial charge in [0.15, 0.2) is 0 Å². The molecule has 2 heterocycles. The molecule has 2 aromatic heterocycles. The van der Waals surface area contributed by atoms with Crippen molar-refractivity contribution in [3.8, 4) is 0 Å². The molecular weight excluding hydrogens is 273 g/mol. The third-order valence-corrected chi connectivity index (χ3v) is 3.02. The van der Waals surface area contributed by atoms with Gasteiger partial charge in [0.1, 0.15) is 10.6 Å². The van der Waals surface area contributed by atoms with E-state index < -0.39 is 0 Å². The van der Waals surface area contributed by atoms with E-state index in [1.165, 1.54) is 11.5 Å². The van der Waals surface area contributed by atoms with Gasteiger partial charge in [-0.2, -0.15) is 4.37 Å². The molecule has 0 aromatic carbocycles. The van der Waals surface area contributed by atoms with Crippen LogP contribution in [-0.2, 0) is 0 Å². The van der Waals surface area contributed by atoms with Crippen LogP contribution in [0.15, 0.2) is 12.3 Å². The second-order valence-corrected chi connectivity index (χ2v) is 3.95. The molecule has 0 bridgehead atoms. The minimum absolute atomic E-state index is 0.586. The van der Waals surface area contributed by atoms with Crippen molar-refractivity contribution in [2.45, 2.75) is 0 Å². The van der Waals surface area contributed by atoms with E-state index in [-0.39, 0.29) is 0 Å². The third-order valence-electron chi connectivity index (χ3n) is 1.35. The molecule has 0 aliphatic carbocycles. The van der Waals surface area contributed by atoms with Crippen LogP contribution < -0.4 is 5.73 Å². The standard InChI is InChI=1S/C6H4IN3S/c7-3-1-2-9-6-4(3)5(8)10-11-6/h1-2H,(H2,8,10). The zero-order valence-corrected chi connectivity index (χ0v) is 8.39. The number of hydrogen-bond donors (Lipinski definition) is 1. The summed E-state index contributed by atoms with van der Waals surface area (Å²) >= 11 is 3.56. The number of nitrogens with zero attached hydrogens (tertiary/aromatic N) is 2. The van der Waals surface area contributed by atoms with Crippen molar-refractivity contribution in [2.75, 3.05) is 5.73 Å². The molecule has 0 atom stereocenters. The maximum absolute atomic E-state index is 5.63. The highest BCUT2D eigenvalue weighted by atomic mass is 127. The lowest BCUT2D eigenvalue weighted by molar-refractivity contribution is 1.43. The van der Waals surface area contributed by atoms with Gasteiger partial charge in [0.25, 0.3) is 0 Å². The largest absolute Gasteiger partial charge is 0.382 e. The summed E-state index contributed by atoms with van der Waals surface area (Å²) in [5, 5.41) is 0.984. The highest BCUT2D eigenvalue weighted by molar-refractivity contribution is 14.1. The fourth-order valence-corrected chi connectivity index (χ4v) is 2.43. The monoisotopic (exact) mass is 277 g/mol. The average Bonchev–Trinajstić information content (AvgIpc) is 2.34. The van der Waals surface area contributed by atoms with E-state index in [1.807, 2.05) is 6.07 Å². The number of nitrogens with two attached hydrogens (primary N) is 1. The molecule has 0 saturated heterocycles. The van der Waals surface area contributed by atoms with E-state index in [0.717, 1.165) is 13.8 Å². The number of anilines is 1. The summed E-state index contributed by atoms with van der Waals surface area (Å²) in [4.78, 5) is 5.05. The number of hydrogen-bond acceptors (Lipinski definition) is 4. The number of rotatable bonds is 0. The van der Waals surface area contributed by atoms with E-state index in [2.05, 4.69) is 31.9 Å². The molecule has 0 saturated carbocycles. The number of pyridine rings is 1. The van der Waals surface area contributed by atoms with E-state index in [4.69, 9.17) is 5.73 Å². The van der Waals surface area contributed by atoms with Crippen LogP contribution in [0.1, 0.15) is 0 Å². The van der Waals surface area contributed by atoms with Crippen molar-refractivity contribution in [2.24, 2.45) is 0 Å². The van der Waals surface area contributed by atoms with Gasteiger partial charge in [-0.3, -0.25) is 0 Å². The van der Waals surface area contributed by atoms with Gasteiger partial charge < -0.3 is 5.73 Å². The van der Waals surface area contributed by atoms with Crippen molar-refractivity contribution in [3.05, 3.63) is 15.8 Å². The Labute approximate surface area is 80.9 Å². The zero-order chi connectivity index (χ0) is 7.84. The van der Waals surface area contributed by atoms with Gasteiger partial charge in [-0.25, -0.2) is 4.98 Å². The van der Waals surface area contributed by atoms with Crippen LogP contribution in [0.25, 0.3) is 10.2 Å². The second kappa shape index (κ2) is 2.56. The Balaban J connectivity index is 2.96. The first-order chi connectivity index (χ1) is 5.29. The molecule has 0 unspecified atom stereocenters. The Kier molecular flexibility index (Phi) is 1.68. The lowest BCUT2D eigenvalue weighted by Crippen LogP contribution is -1.85. The molecule has 3 nitrogen and oxygen atoms in total. The Morgan fingerprint density at radius 3 is 3.09 bits per heavy atom. The number of fused-ring (bicyclic) bond motifs is 1. The van der Waals surface area contributed by atoms with Crippen molar-refractivity contribution >= 4 is 50.2 Å². The first-order valence-electron chi connectivity index (χ1n) is 2.94. The smallest absolute Gasteiger partial charge is 0.147 e. The Bertz CT molecular complexity index is 398. The van der Waals surface area contributed by atoms with E-state index in [0.29, 0.717) is 5.82 Å². The van der Waals surface area contributed by atoms with Crippen LogP contribution >= 0.6 is 34.1 Å². The normalized spacial score (nSPS) is 10.6. The summed E-state index contributed by atoms with van der Waals surface area (Å²) in [6, 6.07) is 1.92. The van der Waals surface area contributed by atoms with Gasteiger partial charge in [0.05, 0.1) is 5.39 Å². The molecule has 0 amide bonds. The highest BCUT2D eigenvalue weighted by Gasteiger charge is 2.05. The summed E-state index contributed by atoms with van der Waals surface area (Å²) in [5.41, 5.74) is 5.63. The second-order valence-electron chi connectivity index (χ2n) is 2.04. The molecule has 0 radical (unpaired) electrons. The molecule has 11 heavy (non-hydrogen) atoms. The Hall–Kier alpha value is -0.430.